The van der Waals surface area contributed by atoms with Gasteiger partial charge in [-0.05, 0) is 13.8 Å². The van der Waals surface area contributed by atoms with E-state index in [0.717, 1.165) is 0 Å². The fraction of sp³-hybridized carbons (Fsp3) is 0.200. The van der Waals surface area contributed by atoms with Crippen molar-refractivity contribution >= 4 is 11.6 Å². The first-order valence-corrected chi connectivity index (χ1v) is 3.74. The second-order valence-electron chi connectivity index (χ2n) is 2.66. The van der Waals surface area contributed by atoms with E-state index in [9.17, 15) is 9.59 Å². The zero-order chi connectivity index (χ0) is 9.14. The molecule has 0 bridgehead atoms. The van der Waals surface area contributed by atoms with Crippen molar-refractivity contribution in [3.05, 3.63) is 35.4 Å². The Kier molecular flexibility index (Phi) is 5.14. The molecule has 13 heavy (non-hydrogen) atoms. The monoisotopic (exact) mass is 186 g/mol. The molecule has 0 spiro atoms. The van der Waals surface area contributed by atoms with E-state index in [2.05, 4.69) is 0 Å². The molecule has 64 valence electrons. The van der Waals surface area contributed by atoms with Crippen molar-refractivity contribution in [2.24, 2.45) is 0 Å². The topological polar surface area (TPSA) is 34.1 Å². The van der Waals surface area contributed by atoms with Gasteiger partial charge in [0.15, 0.2) is 11.6 Å². The Morgan fingerprint density at radius 2 is 1.31 bits per heavy atom. The molecule has 1 rings (SSSR count). The normalized spacial score (nSPS) is 8.77. The third-order valence-electron chi connectivity index (χ3n) is 1.69. The van der Waals surface area contributed by atoms with Crippen LogP contribution in [0.3, 0.4) is 0 Å². The fourth-order valence-corrected chi connectivity index (χ4v) is 1.10. The van der Waals surface area contributed by atoms with Crippen LogP contribution in [0, 0.1) is 0 Å². The number of hydrogen-bond acceptors (Lipinski definition) is 2. The van der Waals surface area contributed by atoms with Gasteiger partial charge in [-0.15, -0.1) is 0 Å². The molecule has 0 radical (unpaired) electrons. The van der Waals surface area contributed by atoms with E-state index in [4.69, 9.17) is 0 Å². The van der Waals surface area contributed by atoms with Crippen molar-refractivity contribution in [3.8, 4) is 0 Å². The molecular weight excluding hydrogens is 175 g/mol. The summed E-state index contributed by atoms with van der Waals surface area (Å²) in [5, 5.41) is 0. The molecule has 0 amide bonds. The molecule has 0 aliphatic carbocycles. The summed E-state index contributed by atoms with van der Waals surface area (Å²) < 4.78 is 0. The van der Waals surface area contributed by atoms with E-state index in [1.807, 2.05) is 0 Å². The smallest absolute Gasteiger partial charge is 1.00 e. The molecule has 1 aromatic carbocycles. The van der Waals surface area contributed by atoms with E-state index in [1.165, 1.54) is 13.8 Å². The van der Waals surface area contributed by atoms with Gasteiger partial charge in [0.05, 0.1) is 0 Å². The van der Waals surface area contributed by atoms with Crippen LogP contribution in [0.25, 0.3) is 0 Å². The second kappa shape index (κ2) is 5.32. The number of benzene rings is 1. The van der Waals surface area contributed by atoms with Gasteiger partial charge in [0.1, 0.15) is 0 Å². The molecule has 0 atom stereocenters. The van der Waals surface area contributed by atoms with Gasteiger partial charge in [0, 0.05) is 11.1 Å². The van der Waals surface area contributed by atoms with Gasteiger partial charge in [-0.1, -0.05) is 24.3 Å². The molecule has 1 aromatic rings. The first kappa shape index (κ1) is 12.6. The Morgan fingerprint density at radius 3 is 1.54 bits per heavy atom. The van der Waals surface area contributed by atoms with Crippen LogP contribution in [0.15, 0.2) is 24.3 Å². The molecule has 0 aliphatic rings. The Bertz CT molecular complexity index is 304. The number of carbonyl (C=O) groups excluding carboxylic acids is 2. The number of hydrogen-bond donors (Lipinski definition) is 0. The third-order valence-corrected chi connectivity index (χ3v) is 1.69. The third kappa shape index (κ3) is 3.07. The number of ketones is 2. The van der Waals surface area contributed by atoms with Crippen LogP contribution in [0.5, 0.6) is 0 Å². The average molecular weight is 186 g/mol. The quantitative estimate of drug-likeness (QED) is 0.448. The minimum absolute atomic E-state index is 0. The van der Waals surface area contributed by atoms with Gasteiger partial charge in [-0.3, -0.25) is 9.59 Å². The maximum Gasteiger partial charge on any atom is 1.00 e. The van der Waals surface area contributed by atoms with Crippen molar-refractivity contribution in [1.82, 2.24) is 0 Å². The summed E-state index contributed by atoms with van der Waals surface area (Å²) >= 11 is 0. The molecule has 0 heterocycles. The SMILES string of the molecule is CC(=O)c1ccccc1C(C)=O.[H-].[Na+]. The Hall–Kier alpha value is -0.440. The molecule has 0 aliphatic heterocycles. The zero-order valence-corrected chi connectivity index (χ0v) is 10.1. The van der Waals surface area contributed by atoms with Crippen LogP contribution in [0.2, 0.25) is 0 Å². The van der Waals surface area contributed by atoms with Crippen LogP contribution in [0.4, 0.5) is 0 Å². The number of Topliss-reactive ketones (excluding diaryl/α,β-unsaturated/α-hetero) is 2. The Balaban J connectivity index is 0. The van der Waals surface area contributed by atoms with E-state index in [1.54, 1.807) is 24.3 Å². The molecule has 0 unspecified atom stereocenters. The molecule has 0 fully saturated rings. The zero-order valence-electron chi connectivity index (χ0n) is 9.13. The summed E-state index contributed by atoms with van der Waals surface area (Å²) in [6.45, 7) is 2.92. The first-order valence-electron chi connectivity index (χ1n) is 3.74. The number of rotatable bonds is 2. The van der Waals surface area contributed by atoms with E-state index >= 15 is 0 Å². The summed E-state index contributed by atoms with van der Waals surface area (Å²) in [5.41, 5.74) is 1.01. The summed E-state index contributed by atoms with van der Waals surface area (Å²) in [6.07, 6.45) is 0. The molecule has 0 N–H and O–H groups in total. The fourth-order valence-electron chi connectivity index (χ4n) is 1.10. The van der Waals surface area contributed by atoms with E-state index < -0.39 is 0 Å². The predicted octanol–water partition coefficient (Wildman–Crippen LogP) is -0.792. The maximum absolute atomic E-state index is 11.0. The van der Waals surface area contributed by atoms with Crippen molar-refractivity contribution in [2.75, 3.05) is 0 Å². The summed E-state index contributed by atoms with van der Waals surface area (Å²) in [5.74, 6) is -0.137. The Morgan fingerprint density at radius 1 is 1.00 bits per heavy atom. The van der Waals surface area contributed by atoms with Gasteiger partial charge in [-0.2, -0.15) is 0 Å². The summed E-state index contributed by atoms with van der Waals surface area (Å²) in [7, 11) is 0. The minimum Gasteiger partial charge on any atom is -1.00 e. The number of carbonyl (C=O) groups is 2. The van der Waals surface area contributed by atoms with Crippen LogP contribution in [-0.2, 0) is 0 Å². The molecule has 0 aromatic heterocycles. The van der Waals surface area contributed by atoms with Crippen LogP contribution in [0.1, 0.15) is 36.0 Å². The molecular formula is C10H11NaO2. The standard InChI is InChI=1S/C10H10O2.Na.H/c1-7(11)9-5-3-4-6-10(9)8(2)12;;/h3-6H,1-2H3;;/q;+1;-1. The Labute approximate surface area is 101 Å². The van der Waals surface area contributed by atoms with Crippen molar-refractivity contribution in [3.63, 3.8) is 0 Å². The summed E-state index contributed by atoms with van der Waals surface area (Å²) in [6, 6.07) is 6.84. The van der Waals surface area contributed by atoms with Crippen molar-refractivity contribution < 1.29 is 40.6 Å². The molecule has 0 saturated heterocycles. The average Bonchev–Trinajstić information content (AvgIpc) is 2.04. The molecule has 2 nitrogen and oxygen atoms in total. The first-order chi connectivity index (χ1) is 5.63. The van der Waals surface area contributed by atoms with Crippen molar-refractivity contribution in [2.45, 2.75) is 13.8 Å². The van der Waals surface area contributed by atoms with Crippen LogP contribution < -0.4 is 29.6 Å². The molecule has 3 heteroatoms. The molecule has 0 saturated carbocycles. The van der Waals surface area contributed by atoms with Crippen LogP contribution >= 0.6 is 0 Å². The largest absolute Gasteiger partial charge is 1.00 e. The predicted molar refractivity (Wildman–Crippen MR) is 47.6 cm³/mol. The van der Waals surface area contributed by atoms with Crippen LogP contribution in [-0.4, -0.2) is 11.6 Å². The van der Waals surface area contributed by atoms with Crippen molar-refractivity contribution in [1.29, 1.82) is 0 Å². The van der Waals surface area contributed by atoms with Gasteiger partial charge < -0.3 is 1.43 Å². The van der Waals surface area contributed by atoms with Gasteiger partial charge in [0.2, 0.25) is 0 Å². The van der Waals surface area contributed by atoms with E-state index in [-0.39, 0.29) is 42.6 Å². The minimum atomic E-state index is -0.0687. The maximum atomic E-state index is 11.0. The summed E-state index contributed by atoms with van der Waals surface area (Å²) in [4.78, 5) is 22.0. The van der Waals surface area contributed by atoms with E-state index in [0.29, 0.717) is 11.1 Å². The van der Waals surface area contributed by atoms with Gasteiger partial charge in [0.25, 0.3) is 0 Å². The van der Waals surface area contributed by atoms with Gasteiger partial charge in [-0.25, -0.2) is 0 Å². The second-order valence-corrected chi connectivity index (χ2v) is 2.66. The van der Waals surface area contributed by atoms with Gasteiger partial charge >= 0.3 is 29.6 Å².